The molecule has 1 saturated heterocycles. The number of H-pyrrole nitrogens is 1. The summed E-state index contributed by atoms with van der Waals surface area (Å²) >= 11 is 0. The maximum Gasteiger partial charge on any atom is 0.334 e. The summed E-state index contributed by atoms with van der Waals surface area (Å²) in [6.07, 6.45) is -3.41. The Morgan fingerprint density at radius 1 is 1.40 bits per heavy atom. The molecule has 2 rings (SSSR count). The van der Waals surface area contributed by atoms with Crippen LogP contribution in [-0.4, -0.2) is 54.0 Å². The van der Waals surface area contributed by atoms with Crippen molar-refractivity contribution in [3.8, 4) is 0 Å². The minimum Gasteiger partial charge on any atom is -0.394 e. The zero-order valence-corrected chi connectivity index (χ0v) is 10.9. The zero-order valence-electron chi connectivity index (χ0n) is 9.99. The Balaban J connectivity index is 2.42. The number of nitrogens with zero attached hydrogens (tertiary/aromatic N) is 1. The SMILES string of the molecule is O=c1ccn([C@@H]2O[C@H](CO)[C@@H](P(=O)(O)O)[C@H]2O)c(=O)[nH]1. The lowest BCUT2D eigenvalue weighted by molar-refractivity contribution is -0.0530. The Morgan fingerprint density at radius 2 is 2.05 bits per heavy atom. The molecule has 1 aliphatic rings. The van der Waals surface area contributed by atoms with E-state index in [0.717, 1.165) is 16.8 Å². The van der Waals surface area contributed by atoms with Crippen LogP contribution >= 0.6 is 7.60 Å². The van der Waals surface area contributed by atoms with Crippen molar-refractivity contribution in [2.45, 2.75) is 24.1 Å². The lowest BCUT2D eigenvalue weighted by Crippen LogP contribution is -2.37. The Bertz CT molecular complexity index is 648. The molecule has 0 saturated carbocycles. The summed E-state index contributed by atoms with van der Waals surface area (Å²) in [4.78, 5) is 42.8. The van der Waals surface area contributed by atoms with E-state index in [4.69, 9.17) is 9.84 Å². The minimum absolute atomic E-state index is 0.663. The van der Waals surface area contributed by atoms with Crippen molar-refractivity contribution in [1.82, 2.24) is 9.55 Å². The van der Waals surface area contributed by atoms with Crippen molar-refractivity contribution < 1.29 is 29.3 Å². The van der Waals surface area contributed by atoms with E-state index in [2.05, 4.69) is 0 Å². The highest BCUT2D eigenvalue weighted by atomic mass is 31.2. The number of aromatic nitrogens is 2. The molecule has 0 spiro atoms. The van der Waals surface area contributed by atoms with Crippen LogP contribution in [-0.2, 0) is 9.30 Å². The number of aliphatic hydroxyl groups is 2. The largest absolute Gasteiger partial charge is 0.394 e. The van der Waals surface area contributed by atoms with Gasteiger partial charge in [-0.2, -0.15) is 0 Å². The van der Waals surface area contributed by atoms with Crippen molar-refractivity contribution in [3.05, 3.63) is 33.1 Å². The fourth-order valence-electron chi connectivity index (χ4n) is 2.15. The third-order valence-corrected chi connectivity index (χ3v) is 4.45. The van der Waals surface area contributed by atoms with Crippen molar-refractivity contribution in [2.24, 2.45) is 0 Å². The molecular formula is C9H13N2O8P. The second kappa shape index (κ2) is 5.24. The molecule has 1 fully saturated rings. The first kappa shape index (κ1) is 15.1. The van der Waals surface area contributed by atoms with Gasteiger partial charge in [0.1, 0.15) is 17.9 Å². The summed E-state index contributed by atoms with van der Waals surface area (Å²) in [7, 11) is -4.75. The Hall–Kier alpha value is -1.29. The number of ether oxygens (including phenoxy) is 1. The highest BCUT2D eigenvalue weighted by Crippen LogP contribution is 2.51. The minimum atomic E-state index is -4.75. The van der Waals surface area contributed by atoms with E-state index < -0.39 is 49.5 Å². The second-order valence-electron chi connectivity index (χ2n) is 4.34. The van der Waals surface area contributed by atoms with Gasteiger partial charge in [-0.1, -0.05) is 0 Å². The van der Waals surface area contributed by atoms with E-state index in [9.17, 15) is 29.0 Å². The number of aliphatic hydroxyl groups excluding tert-OH is 2. The predicted octanol–water partition coefficient (Wildman–Crippen LogP) is -2.67. The second-order valence-corrected chi connectivity index (χ2v) is 6.11. The van der Waals surface area contributed by atoms with E-state index >= 15 is 0 Å². The van der Waals surface area contributed by atoms with Gasteiger partial charge in [0.25, 0.3) is 5.56 Å². The Labute approximate surface area is 111 Å². The smallest absolute Gasteiger partial charge is 0.334 e. The molecule has 0 radical (unpaired) electrons. The molecular weight excluding hydrogens is 295 g/mol. The Morgan fingerprint density at radius 3 is 2.50 bits per heavy atom. The van der Waals surface area contributed by atoms with Gasteiger partial charge in [-0.05, 0) is 0 Å². The average molecular weight is 308 g/mol. The molecule has 0 amide bonds. The van der Waals surface area contributed by atoms with Gasteiger partial charge < -0.3 is 24.7 Å². The number of hydrogen-bond acceptors (Lipinski definition) is 6. The summed E-state index contributed by atoms with van der Waals surface area (Å²) in [6.45, 7) is -0.735. The van der Waals surface area contributed by atoms with Gasteiger partial charge in [0.15, 0.2) is 6.23 Å². The van der Waals surface area contributed by atoms with Crippen molar-refractivity contribution in [2.75, 3.05) is 6.61 Å². The first-order valence-electron chi connectivity index (χ1n) is 5.57. The van der Waals surface area contributed by atoms with Crippen molar-refractivity contribution in [1.29, 1.82) is 0 Å². The van der Waals surface area contributed by atoms with E-state index in [0.29, 0.717) is 0 Å². The van der Waals surface area contributed by atoms with Gasteiger partial charge in [0.2, 0.25) is 0 Å². The molecule has 0 unspecified atom stereocenters. The van der Waals surface area contributed by atoms with Crippen molar-refractivity contribution >= 4 is 7.60 Å². The zero-order chi connectivity index (χ0) is 15.1. The van der Waals surface area contributed by atoms with Crippen LogP contribution < -0.4 is 11.2 Å². The molecule has 112 valence electrons. The third kappa shape index (κ3) is 2.62. The standard InChI is InChI=1S/C9H13N2O8P/c12-3-4-7(20(16,17)18)6(14)8(19-4)11-2-1-5(13)10-9(11)15/h1-2,4,6-8,12,14H,3H2,(H,10,13,15)(H2,16,17,18)/t4-,6-,7-,8-/m1/s1. The van der Waals surface area contributed by atoms with E-state index in [-0.39, 0.29) is 0 Å². The molecule has 10 nitrogen and oxygen atoms in total. The Kier molecular flexibility index (Phi) is 3.96. The van der Waals surface area contributed by atoms with Crippen LogP contribution in [0.1, 0.15) is 6.23 Å². The van der Waals surface area contributed by atoms with E-state index in [1.54, 1.807) is 0 Å². The molecule has 4 atom stereocenters. The van der Waals surface area contributed by atoms with Gasteiger partial charge in [-0.15, -0.1) is 0 Å². The first-order chi connectivity index (χ1) is 9.25. The monoisotopic (exact) mass is 308 g/mol. The molecule has 0 bridgehead atoms. The van der Waals surface area contributed by atoms with Gasteiger partial charge in [-0.3, -0.25) is 18.9 Å². The van der Waals surface area contributed by atoms with Gasteiger partial charge in [0.05, 0.1) is 6.61 Å². The van der Waals surface area contributed by atoms with Crippen LogP contribution in [0.3, 0.4) is 0 Å². The van der Waals surface area contributed by atoms with E-state index in [1.807, 2.05) is 4.98 Å². The van der Waals surface area contributed by atoms with Gasteiger partial charge in [0, 0.05) is 12.3 Å². The van der Waals surface area contributed by atoms with Gasteiger partial charge >= 0.3 is 13.3 Å². The fourth-order valence-corrected chi connectivity index (χ4v) is 3.30. The van der Waals surface area contributed by atoms with Crippen LogP contribution in [0.15, 0.2) is 21.9 Å². The molecule has 11 heteroatoms. The predicted molar refractivity (Wildman–Crippen MR) is 64.2 cm³/mol. The molecule has 1 aromatic rings. The summed E-state index contributed by atoms with van der Waals surface area (Å²) < 4.78 is 17.2. The average Bonchev–Trinajstić information content (AvgIpc) is 2.66. The van der Waals surface area contributed by atoms with E-state index in [1.165, 1.54) is 0 Å². The molecule has 2 heterocycles. The third-order valence-electron chi connectivity index (χ3n) is 3.03. The number of rotatable bonds is 3. The van der Waals surface area contributed by atoms with Crippen LogP contribution in [0.4, 0.5) is 0 Å². The summed E-state index contributed by atoms with van der Waals surface area (Å²) in [5.41, 5.74) is -3.22. The number of aromatic amines is 1. The molecule has 1 aromatic heterocycles. The molecule has 0 aliphatic carbocycles. The highest BCUT2D eigenvalue weighted by Gasteiger charge is 2.53. The lowest BCUT2D eigenvalue weighted by atomic mass is 10.2. The number of nitrogens with one attached hydrogen (secondary N) is 1. The maximum atomic E-state index is 11.6. The van der Waals surface area contributed by atoms with Crippen LogP contribution in [0.5, 0.6) is 0 Å². The molecule has 20 heavy (non-hydrogen) atoms. The molecule has 5 N–H and O–H groups in total. The molecule has 0 aromatic carbocycles. The summed E-state index contributed by atoms with van der Waals surface area (Å²) in [6, 6.07) is 0.996. The highest BCUT2D eigenvalue weighted by molar-refractivity contribution is 7.52. The fraction of sp³-hybridized carbons (Fsp3) is 0.556. The summed E-state index contributed by atoms with van der Waals surface area (Å²) in [5.74, 6) is 0. The number of hydrogen-bond donors (Lipinski definition) is 5. The quantitative estimate of drug-likeness (QED) is 0.378. The van der Waals surface area contributed by atoms with Crippen LogP contribution in [0.2, 0.25) is 0 Å². The topological polar surface area (TPSA) is 162 Å². The molecule has 1 aliphatic heterocycles. The summed E-state index contributed by atoms with van der Waals surface area (Å²) in [5, 5.41) is 19.0. The lowest BCUT2D eigenvalue weighted by Gasteiger charge is -2.20. The normalized spacial score (nSPS) is 30.6. The van der Waals surface area contributed by atoms with Crippen LogP contribution in [0, 0.1) is 0 Å². The van der Waals surface area contributed by atoms with Crippen LogP contribution in [0.25, 0.3) is 0 Å². The van der Waals surface area contributed by atoms with Gasteiger partial charge in [-0.25, -0.2) is 4.79 Å². The maximum absolute atomic E-state index is 11.6. The first-order valence-corrected chi connectivity index (χ1v) is 7.25. The van der Waals surface area contributed by atoms with Crippen molar-refractivity contribution in [3.63, 3.8) is 0 Å².